The van der Waals surface area contributed by atoms with Gasteiger partial charge in [0.05, 0.1) is 16.3 Å². The highest BCUT2D eigenvalue weighted by atomic mass is 32.1. The topological polar surface area (TPSA) is 29.8 Å². The molecule has 0 aromatic carbocycles. The molecular weight excluding hydrogens is 270 g/mol. The molecule has 0 radical (unpaired) electrons. The van der Waals surface area contributed by atoms with Crippen LogP contribution in [0.3, 0.4) is 0 Å². The van der Waals surface area contributed by atoms with Gasteiger partial charge in [-0.05, 0) is 51.0 Å². The molecule has 3 rings (SSSR count). The van der Waals surface area contributed by atoms with Gasteiger partial charge in [0.25, 0.3) is 0 Å². The van der Waals surface area contributed by atoms with Crippen LogP contribution in [-0.2, 0) is 4.84 Å². The third kappa shape index (κ3) is 2.07. The predicted octanol–water partition coefficient (Wildman–Crippen LogP) is 2.88. The second kappa shape index (κ2) is 5.07. The van der Waals surface area contributed by atoms with E-state index in [4.69, 9.17) is 4.84 Å². The van der Waals surface area contributed by atoms with E-state index in [1.807, 2.05) is 20.2 Å². The van der Waals surface area contributed by atoms with Crippen LogP contribution in [0.2, 0.25) is 0 Å². The van der Waals surface area contributed by atoms with E-state index in [1.165, 1.54) is 16.1 Å². The smallest absolute Gasteiger partial charge is 0.146 e. The number of fused-ring (bicyclic) bond motifs is 3. The Morgan fingerprint density at radius 3 is 3.00 bits per heavy atom. The highest BCUT2D eigenvalue weighted by molar-refractivity contribution is 7.13. The zero-order chi connectivity index (χ0) is 14.3. The van der Waals surface area contributed by atoms with E-state index < -0.39 is 0 Å². The van der Waals surface area contributed by atoms with Gasteiger partial charge in [-0.15, -0.1) is 11.3 Å². The van der Waals surface area contributed by atoms with Crippen LogP contribution in [0.4, 0.5) is 0 Å². The van der Waals surface area contributed by atoms with Gasteiger partial charge in [-0.2, -0.15) is 0 Å². The molecule has 1 aliphatic heterocycles. The number of rotatable bonds is 4. The maximum atomic E-state index is 5.57. The molecule has 0 saturated carbocycles. The lowest BCUT2D eigenvalue weighted by atomic mass is 10.2. The van der Waals surface area contributed by atoms with Crippen LogP contribution in [0.1, 0.15) is 23.1 Å². The highest BCUT2D eigenvalue weighted by Crippen LogP contribution is 2.35. The SMILES string of the molecule is Cc1csc2c1-n1cccc1C2=NOCC(C)N(C)C. The minimum Gasteiger partial charge on any atom is -0.394 e. The Hall–Kier alpha value is -1.59. The van der Waals surface area contributed by atoms with Crippen molar-refractivity contribution >= 4 is 17.0 Å². The molecule has 106 valence electrons. The first-order valence-corrected chi connectivity index (χ1v) is 7.60. The summed E-state index contributed by atoms with van der Waals surface area (Å²) in [6.07, 6.45) is 2.08. The standard InChI is InChI=1S/C15H19N3OS/c1-10-9-20-15-13(16-19-8-11(2)17(3)4)12-6-5-7-18(12)14(10)15/h5-7,9,11H,8H2,1-4H3. The second-order valence-corrected chi connectivity index (χ2v) is 6.29. The van der Waals surface area contributed by atoms with Crippen LogP contribution in [0, 0.1) is 6.92 Å². The van der Waals surface area contributed by atoms with Crippen molar-refractivity contribution in [3.8, 4) is 5.69 Å². The van der Waals surface area contributed by atoms with Gasteiger partial charge >= 0.3 is 0 Å². The van der Waals surface area contributed by atoms with Crippen molar-refractivity contribution in [2.24, 2.45) is 5.16 Å². The highest BCUT2D eigenvalue weighted by Gasteiger charge is 2.28. The molecular formula is C15H19N3OS. The van der Waals surface area contributed by atoms with E-state index in [2.05, 4.69) is 46.1 Å². The zero-order valence-corrected chi connectivity index (χ0v) is 13.1. The summed E-state index contributed by atoms with van der Waals surface area (Å²) in [5, 5.41) is 6.57. The van der Waals surface area contributed by atoms with E-state index >= 15 is 0 Å². The monoisotopic (exact) mass is 289 g/mol. The van der Waals surface area contributed by atoms with Gasteiger partial charge in [-0.3, -0.25) is 0 Å². The Labute approximate surface area is 123 Å². The lowest BCUT2D eigenvalue weighted by Gasteiger charge is -2.17. The number of nitrogens with zero attached hydrogens (tertiary/aromatic N) is 3. The largest absolute Gasteiger partial charge is 0.394 e. The lowest BCUT2D eigenvalue weighted by molar-refractivity contribution is 0.0923. The first kappa shape index (κ1) is 13.4. The number of thiophene rings is 1. The Kier molecular flexibility index (Phi) is 3.40. The van der Waals surface area contributed by atoms with Crippen molar-refractivity contribution in [2.75, 3.05) is 20.7 Å². The zero-order valence-electron chi connectivity index (χ0n) is 12.3. The maximum absolute atomic E-state index is 5.57. The van der Waals surface area contributed by atoms with Crippen molar-refractivity contribution < 1.29 is 4.84 Å². The molecule has 0 spiro atoms. The molecule has 0 N–H and O–H groups in total. The van der Waals surface area contributed by atoms with Crippen LogP contribution < -0.4 is 0 Å². The first-order valence-electron chi connectivity index (χ1n) is 6.72. The van der Waals surface area contributed by atoms with Crippen molar-refractivity contribution in [3.63, 3.8) is 0 Å². The average Bonchev–Trinajstić information content (AvgIpc) is 3.05. The van der Waals surface area contributed by atoms with Crippen LogP contribution in [-0.4, -0.2) is 41.9 Å². The molecule has 1 aliphatic rings. The third-order valence-electron chi connectivity index (χ3n) is 3.74. The van der Waals surface area contributed by atoms with E-state index in [-0.39, 0.29) is 0 Å². The first-order chi connectivity index (χ1) is 9.59. The number of likely N-dealkylation sites (N-methyl/N-ethyl adjacent to an activating group) is 1. The molecule has 0 amide bonds. The van der Waals surface area contributed by atoms with Crippen molar-refractivity contribution in [3.05, 3.63) is 39.8 Å². The summed E-state index contributed by atoms with van der Waals surface area (Å²) < 4.78 is 2.19. The fraction of sp³-hybridized carbons (Fsp3) is 0.400. The van der Waals surface area contributed by atoms with Gasteiger partial charge in [0.2, 0.25) is 0 Å². The Morgan fingerprint density at radius 2 is 2.25 bits per heavy atom. The Morgan fingerprint density at radius 1 is 1.45 bits per heavy atom. The third-order valence-corrected chi connectivity index (χ3v) is 4.84. The molecule has 0 bridgehead atoms. The fourth-order valence-electron chi connectivity index (χ4n) is 2.24. The number of oxime groups is 1. The molecule has 1 atom stereocenters. The van der Waals surface area contributed by atoms with E-state index in [1.54, 1.807) is 11.3 Å². The molecule has 1 unspecified atom stereocenters. The maximum Gasteiger partial charge on any atom is 0.146 e. The van der Waals surface area contributed by atoms with Crippen LogP contribution in [0.5, 0.6) is 0 Å². The number of hydrogen-bond acceptors (Lipinski definition) is 4. The van der Waals surface area contributed by atoms with Crippen molar-refractivity contribution in [2.45, 2.75) is 19.9 Å². The van der Waals surface area contributed by atoms with E-state index in [0.717, 1.165) is 11.4 Å². The summed E-state index contributed by atoms with van der Waals surface area (Å²) in [6.45, 7) is 4.85. The molecule has 4 nitrogen and oxygen atoms in total. The van der Waals surface area contributed by atoms with Gasteiger partial charge in [-0.1, -0.05) is 5.16 Å². The Bertz CT molecular complexity index is 654. The second-order valence-electron chi connectivity index (χ2n) is 5.41. The molecule has 5 heteroatoms. The van der Waals surface area contributed by atoms with Gasteiger partial charge in [0.15, 0.2) is 0 Å². The molecule has 2 aromatic heterocycles. The summed E-state index contributed by atoms with van der Waals surface area (Å²) in [6, 6.07) is 4.48. The minimum absolute atomic E-state index is 0.345. The van der Waals surface area contributed by atoms with Crippen LogP contribution in [0.25, 0.3) is 5.69 Å². The number of aromatic nitrogens is 1. The lowest BCUT2D eigenvalue weighted by Crippen LogP contribution is -2.28. The van der Waals surface area contributed by atoms with E-state index in [0.29, 0.717) is 12.6 Å². The summed E-state index contributed by atoms with van der Waals surface area (Å²) in [7, 11) is 4.09. The van der Waals surface area contributed by atoms with Gasteiger partial charge in [-0.25, -0.2) is 0 Å². The quantitative estimate of drug-likeness (QED) is 0.691. The average molecular weight is 289 g/mol. The molecule has 0 saturated heterocycles. The minimum atomic E-state index is 0.345. The molecule has 2 aromatic rings. The van der Waals surface area contributed by atoms with Crippen LogP contribution >= 0.6 is 11.3 Å². The van der Waals surface area contributed by atoms with E-state index in [9.17, 15) is 0 Å². The van der Waals surface area contributed by atoms with Gasteiger partial charge in [0.1, 0.15) is 12.3 Å². The molecule has 20 heavy (non-hydrogen) atoms. The molecule has 0 aliphatic carbocycles. The number of hydrogen-bond donors (Lipinski definition) is 0. The van der Waals surface area contributed by atoms with Crippen molar-refractivity contribution in [1.82, 2.24) is 9.47 Å². The summed E-state index contributed by atoms with van der Waals surface area (Å²) in [5.74, 6) is 0. The normalized spacial score (nSPS) is 16.6. The summed E-state index contributed by atoms with van der Waals surface area (Å²) in [5.41, 5.74) is 4.61. The summed E-state index contributed by atoms with van der Waals surface area (Å²) >= 11 is 1.73. The fourth-order valence-corrected chi connectivity index (χ4v) is 3.27. The summed E-state index contributed by atoms with van der Waals surface area (Å²) in [4.78, 5) is 8.90. The van der Waals surface area contributed by atoms with Gasteiger partial charge in [0, 0.05) is 12.2 Å². The number of aryl methyl sites for hydroxylation is 1. The molecule has 0 fully saturated rings. The van der Waals surface area contributed by atoms with Crippen LogP contribution in [0.15, 0.2) is 28.9 Å². The van der Waals surface area contributed by atoms with Crippen molar-refractivity contribution in [1.29, 1.82) is 0 Å². The molecule has 3 heterocycles. The Balaban J connectivity index is 1.87. The van der Waals surface area contributed by atoms with Gasteiger partial charge < -0.3 is 14.3 Å². The predicted molar refractivity (Wildman–Crippen MR) is 83.1 cm³/mol.